The molecule has 7 heterocycles. The van der Waals surface area contributed by atoms with E-state index in [1.54, 1.807) is 12.3 Å². The molecule has 42 heavy (non-hydrogen) atoms. The summed E-state index contributed by atoms with van der Waals surface area (Å²) in [7, 11) is 0. The summed E-state index contributed by atoms with van der Waals surface area (Å²) in [5.74, 6) is 10.0. The Kier molecular flexibility index (Phi) is 5.86. The van der Waals surface area contributed by atoms with E-state index in [0.717, 1.165) is 64.7 Å². The molecule has 0 radical (unpaired) electrons. The first kappa shape index (κ1) is 25.5. The molecule has 5 fully saturated rings. The summed E-state index contributed by atoms with van der Waals surface area (Å²) >= 11 is 0. The fourth-order valence-electron chi connectivity index (χ4n) is 7.67. The molecule has 2 bridgehead atoms. The highest BCUT2D eigenvalue weighted by Crippen LogP contribution is 2.40. The number of phenolic OH excluding ortho intramolecular Hbond substituents is 1. The second-order valence-corrected chi connectivity index (χ2v) is 12.1. The maximum atomic E-state index is 16.7. The van der Waals surface area contributed by atoms with Gasteiger partial charge in [0.25, 0.3) is 0 Å². The van der Waals surface area contributed by atoms with Gasteiger partial charge in [-0.25, -0.2) is 14.4 Å². The van der Waals surface area contributed by atoms with Crippen molar-refractivity contribution in [1.82, 2.24) is 25.2 Å². The number of benzene rings is 2. The standard InChI is InChI=1S/C34H31FN6O/c1-2-21-6-3-7-22-16-25(42)17-26(29(21)22)31-30(35)32-27(19-37-31)33(41-20-23-8-9-24(41)18-36-23)39-28(38-32)10-13-34-11-4-14-40(34)15-5-12-34/h1,3,6-7,16-17,19,23-24,36,42H,4-5,8-9,11-12,14-15,18,20H2/t23-,24-/m0/s1. The van der Waals surface area contributed by atoms with E-state index in [-0.39, 0.29) is 28.5 Å². The number of aromatic hydroxyl groups is 1. The molecular formula is C34H31FN6O. The molecule has 2 aromatic heterocycles. The lowest BCUT2D eigenvalue weighted by molar-refractivity contribution is 0.261. The largest absolute Gasteiger partial charge is 0.508 e. The monoisotopic (exact) mass is 558 g/mol. The average Bonchev–Trinajstić information content (AvgIpc) is 3.60. The Labute approximate surface area is 244 Å². The van der Waals surface area contributed by atoms with E-state index in [9.17, 15) is 5.11 Å². The lowest BCUT2D eigenvalue weighted by Crippen LogP contribution is -2.61. The predicted molar refractivity (Wildman–Crippen MR) is 162 cm³/mol. The first-order valence-corrected chi connectivity index (χ1v) is 14.9. The fourth-order valence-corrected chi connectivity index (χ4v) is 7.67. The van der Waals surface area contributed by atoms with Crippen LogP contribution >= 0.6 is 0 Å². The zero-order chi connectivity index (χ0) is 28.4. The van der Waals surface area contributed by atoms with Crippen molar-refractivity contribution in [2.45, 2.75) is 56.1 Å². The second-order valence-electron chi connectivity index (χ2n) is 12.1. The van der Waals surface area contributed by atoms with Gasteiger partial charge >= 0.3 is 0 Å². The van der Waals surface area contributed by atoms with Crippen molar-refractivity contribution < 1.29 is 9.50 Å². The SMILES string of the molecule is C#Cc1cccc2cc(O)cc(-c3ncc4c(N5C[C@@H]6CC[C@H]5CN6)nc(C#CC56CCCN5CCC6)nc4c3F)c12. The minimum absolute atomic E-state index is 0.0108. The number of pyridine rings is 1. The van der Waals surface area contributed by atoms with Gasteiger partial charge in [-0.15, -0.1) is 6.42 Å². The molecule has 0 spiro atoms. The van der Waals surface area contributed by atoms with Crippen molar-refractivity contribution >= 4 is 27.5 Å². The van der Waals surface area contributed by atoms with Crippen LogP contribution in [-0.4, -0.2) is 68.8 Å². The Morgan fingerprint density at radius 1 is 1.12 bits per heavy atom. The Morgan fingerprint density at radius 2 is 1.98 bits per heavy atom. The van der Waals surface area contributed by atoms with Crippen LogP contribution in [0.15, 0.2) is 36.5 Å². The maximum absolute atomic E-state index is 16.7. The maximum Gasteiger partial charge on any atom is 0.207 e. The van der Waals surface area contributed by atoms with Gasteiger partial charge in [0.15, 0.2) is 5.82 Å². The van der Waals surface area contributed by atoms with E-state index in [1.807, 2.05) is 18.2 Å². The van der Waals surface area contributed by atoms with E-state index >= 15 is 4.39 Å². The summed E-state index contributed by atoms with van der Waals surface area (Å²) in [6.45, 7) is 3.81. The van der Waals surface area contributed by atoms with Crippen LogP contribution < -0.4 is 10.2 Å². The molecule has 2 atom stereocenters. The third kappa shape index (κ3) is 3.94. The average molecular weight is 559 g/mol. The number of hydrogen-bond acceptors (Lipinski definition) is 7. The lowest BCUT2D eigenvalue weighted by atomic mass is 9.92. The number of aromatic nitrogens is 3. The molecule has 4 aromatic rings. The molecule has 0 saturated carbocycles. The van der Waals surface area contributed by atoms with Gasteiger partial charge < -0.3 is 15.3 Å². The number of piperazine rings is 1. The quantitative estimate of drug-likeness (QED) is 0.349. The van der Waals surface area contributed by atoms with Gasteiger partial charge in [-0.1, -0.05) is 24.0 Å². The van der Waals surface area contributed by atoms with Crippen LogP contribution in [0.2, 0.25) is 0 Å². The highest BCUT2D eigenvalue weighted by molar-refractivity contribution is 6.02. The molecule has 5 aliphatic heterocycles. The molecule has 210 valence electrons. The molecule has 2 N–H and O–H groups in total. The van der Waals surface area contributed by atoms with E-state index in [0.29, 0.717) is 45.0 Å². The number of fused-ring (bicyclic) bond motifs is 6. The molecule has 2 aromatic carbocycles. The summed E-state index contributed by atoms with van der Waals surface area (Å²) in [6, 6.07) is 9.27. The van der Waals surface area contributed by atoms with Crippen LogP contribution in [0, 0.1) is 30.0 Å². The minimum Gasteiger partial charge on any atom is -0.508 e. The van der Waals surface area contributed by atoms with Crippen LogP contribution in [0.1, 0.15) is 49.9 Å². The number of terminal acetylenes is 1. The topological polar surface area (TPSA) is 77.4 Å². The highest BCUT2D eigenvalue weighted by Gasteiger charge is 2.43. The van der Waals surface area contributed by atoms with Gasteiger partial charge in [0.05, 0.1) is 10.9 Å². The molecule has 9 rings (SSSR count). The summed E-state index contributed by atoms with van der Waals surface area (Å²) in [5, 5.41) is 16.1. The fraction of sp³-hybridized carbons (Fsp3) is 0.382. The van der Waals surface area contributed by atoms with Crippen LogP contribution in [0.4, 0.5) is 10.2 Å². The molecule has 7 nitrogen and oxygen atoms in total. The van der Waals surface area contributed by atoms with Crippen LogP contribution in [0.3, 0.4) is 0 Å². The van der Waals surface area contributed by atoms with E-state index in [1.165, 1.54) is 6.07 Å². The van der Waals surface area contributed by atoms with Crippen molar-refractivity contribution in [2.24, 2.45) is 0 Å². The smallest absolute Gasteiger partial charge is 0.207 e. The Hall–Kier alpha value is -4.24. The molecular weight excluding hydrogens is 527 g/mol. The van der Waals surface area contributed by atoms with Gasteiger partial charge in [-0.3, -0.25) is 9.88 Å². The second kappa shape index (κ2) is 9.66. The highest BCUT2D eigenvalue weighted by atomic mass is 19.1. The Bertz CT molecular complexity index is 1850. The lowest BCUT2D eigenvalue weighted by Gasteiger charge is -2.46. The molecule has 0 amide bonds. The number of halogens is 1. The zero-order valence-corrected chi connectivity index (χ0v) is 23.3. The van der Waals surface area contributed by atoms with E-state index < -0.39 is 5.82 Å². The normalized spacial score (nSPS) is 22.7. The molecule has 5 aliphatic rings. The van der Waals surface area contributed by atoms with Crippen molar-refractivity contribution in [3.05, 3.63) is 53.7 Å². The Morgan fingerprint density at radius 3 is 2.71 bits per heavy atom. The number of piperidine rings is 2. The summed E-state index contributed by atoms with van der Waals surface area (Å²) in [4.78, 5) is 19.1. The minimum atomic E-state index is -0.570. The number of hydrogen-bond donors (Lipinski definition) is 2. The van der Waals surface area contributed by atoms with Crippen LogP contribution in [0.25, 0.3) is 32.9 Å². The van der Waals surface area contributed by atoms with Gasteiger partial charge in [0.1, 0.15) is 22.8 Å². The number of nitrogens with zero attached hydrogens (tertiary/aromatic N) is 5. The van der Waals surface area contributed by atoms with Crippen molar-refractivity contribution in [3.63, 3.8) is 0 Å². The van der Waals surface area contributed by atoms with E-state index in [2.05, 4.69) is 37.9 Å². The van der Waals surface area contributed by atoms with Gasteiger partial charge in [-0.2, -0.15) is 0 Å². The molecule has 0 aliphatic carbocycles. The van der Waals surface area contributed by atoms with Crippen molar-refractivity contribution in [1.29, 1.82) is 0 Å². The molecule has 5 saturated heterocycles. The third-order valence-electron chi connectivity index (χ3n) is 9.71. The van der Waals surface area contributed by atoms with Gasteiger partial charge in [-0.05, 0) is 81.1 Å². The summed E-state index contributed by atoms with van der Waals surface area (Å²) in [5.41, 5.74) is 1.19. The predicted octanol–water partition coefficient (Wildman–Crippen LogP) is 4.59. The summed E-state index contributed by atoms with van der Waals surface area (Å²) in [6.07, 6.45) is 14.0. The molecule has 8 heteroatoms. The van der Waals surface area contributed by atoms with Crippen LogP contribution in [0.5, 0.6) is 5.75 Å². The third-order valence-corrected chi connectivity index (χ3v) is 9.71. The van der Waals surface area contributed by atoms with Crippen molar-refractivity contribution in [3.8, 4) is 41.2 Å². The van der Waals surface area contributed by atoms with Crippen molar-refractivity contribution in [2.75, 3.05) is 31.1 Å². The van der Waals surface area contributed by atoms with Gasteiger partial charge in [0.2, 0.25) is 5.82 Å². The first-order valence-electron chi connectivity index (χ1n) is 14.9. The molecule has 0 unspecified atom stereocenters. The van der Waals surface area contributed by atoms with E-state index in [4.69, 9.17) is 16.4 Å². The first-order chi connectivity index (χ1) is 20.5. The zero-order valence-electron chi connectivity index (χ0n) is 23.3. The summed E-state index contributed by atoms with van der Waals surface area (Å²) < 4.78 is 16.7. The number of rotatable bonds is 2. The number of phenols is 1. The number of nitrogens with one attached hydrogen (secondary N) is 1. The number of anilines is 1. The van der Waals surface area contributed by atoms with Gasteiger partial charge in [0, 0.05) is 47.9 Å². The van der Waals surface area contributed by atoms with Crippen LogP contribution in [-0.2, 0) is 0 Å². The Balaban J connectivity index is 1.34.